The first-order chi connectivity index (χ1) is 13.7. The minimum absolute atomic E-state index is 0.252. The van der Waals surface area contributed by atoms with Crippen LogP contribution in [0.2, 0.25) is 0 Å². The van der Waals surface area contributed by atoms with E-state index in [9.17, 15) is 4.79 Å². The molecule has 0 atom stereocenters. The van der Waals surface area contributed by atoms with Crippen LogP contribution in [0.5, 0.6) is 0 Å². The number of carbonyl (C=O) groups excluding carboxylic acids is 1. The lowest BCUT2D eigenvalue weighted by molar-refractivity contribution is 0.105. The molecule has 0 aromatic carbocycles. The zero-order chi connectivity index (χ0) is 19.5. The molecule has 0 saturated carbocycles. The Morgan fingerprint density at radius 1 is 1.25 bits per heavy atom. The fourth-order valence-electron chi connectivity index (χ4n) is 3.39. The van der Waals surface area contributed by atoms with E-state index in [0.29, 0.717) is 25.3 Å². The lowest BCUT2D eigenvalue weighted by Gasteiger charge is -2.35. The van der Waals surface area contributed by atoms with E-state index in [1.807, 2.05) is 25.1 Å². The van der Waals surface area contributed by atoms with Crippen molar-refractivity contribution < 1.29 is 9.53 Å². The molecule has 0 unspecified atom stereocenters. The van der Waals surface area contributed by atoms with Gasteiger partial charge in [0, 0.05) is 49.6 Å². The fourth-order valence-corrected chi connectivity index (χ4v) is 3.39. The molecule has 4 rings (SSSR count). The van der Waals surface area contributed by atoms with Gasteiger partial charge in [-0.3, -0.25) is 4.98 Å². The van der Waals surface area contributed by atoms with Gasteiger partial charge in [0.1, 0.15) is 11.7 Å². The Hall–Kier alpha value is -3.60. The summed E-state index contributed by atoms with van der Waals surface area (Å²) < 4.78 is 5.09. The standard InChI is InChI=1S/C20H20N6O2/c1-2-28-20(27)26-9-7-25(8-10-26)18-5-6-22-19-15(18)11-17(24-19)16-4-3-14(12-21)13-23-16/h3-6,11,13H,2,7-10H2,1H3,(H,22,24). The van der Waals surface area contributed by atoms with Crippen LogP contribution in [0.15, 0.2) is 36.7 Å². The number of hydrogen-bond donors (Lipinski definition) is 1. The molecule has 0 spiro atoms. The van der Waals surface area contributed by atoms with Crippen LogP contribution in [0.25, 0.3) is 22.4 Å². The molecular weight excluding hydrogens is 356 g/mol. The van der Waals surface area contributed by atoms with Gasteiger partial charge in [0.15, 0.2) is 0 Å². The van der Waals surface area contributed by atoms with E-state index < -0.39 is 0 Å². The number of nitrogens with one attached hydrogen (secondary N) is 1. The number of anilines is 1. The summed E-state index contributed by atoms with van der Waals surface area (Å²) >= 11 is 0. The lowest BCUT2D eigenvalue weighted by atomic mass is 10.2. The normalized spacial score (nSPS) is 14.1. The molecule has 0 radical (unpaired) electrons. The second-order valence-electron chi connectivity index (χ2n) is 6.49. The Morgan fingerprint density at radius 2 is 2.07 bits per heavy atom. The summed E-state index contributed by atoms with van der Waals surface area (Å²) in [5.74, 6) is 0. The van der Waals surface area contributed by atoms with Crippen LogP contribution in [-0.2, 0) is 4.74 Å². The molecule has 0 aliphatic carbocycles. The first-order valence-corrected chi connectivity index (χ1v) is 9.20. The van der Waals surface area contributed by atoms with Gasteiger partial charge >= 0.3 is 6.09 Å². The molecule has 1 amide bonds. The summed E-state index contributed by atoms with van der Waals surface area (Å²) in [6.07, 6.45) is 3.09. The average Bonchev–Trinajstić information content (AvgIpc) is 3.18. The van der Waals surface area contributed by atoms with Crippen molar-refractivity contribution in [3.05, 3.63) is 42.2 Å². The third kappa shape index (κ3) is 3.34. The Bertz CT molecular complexity index is 1030. The maximum Gasteiger partial charge on any atom is 0.409 e. The first kappa shape index (κ1) is 17.8. The fraction of sp³-hybridized carbons (Fsp3) is 0.300. The Kier molecular flexibility index (Phi) is 4.81. The first-order valence-electron chi connectivity index (χ1n) is 9.20. The summed E-state index contributed by atoms with van der Waals surface area (Å²) in [5.41, 5.74) is 3.99. The van der Waals surface area contributed by atoms with Crippen molar-refractivity contribution in [2.75, 3.05) is 37.7 Å². The number of nitriles is 1. The SMILES string of the molecule is CCOC(=O)N1CCN(c2ccnc3[nH]c(-c4ccc(C#N)cn4)cc23)CC1. The zero-order valence-corrected chi connectivity index (χ0v) is 15.6. The van der Waals surface area contributed by atoms with Crippen molar-refractivity contribution in [2.24, 2.45) is 0 Å². The van der Waals surface area contributed by atoms with Gasteiger partial charge in [-0.05, 0) is 31.2 Å². The maximum absolute atomic E-state index is 11.9. The van der Waals surface area contributed by atoms with Crippen molar-refractivity contribution in [1.29, 1.82) is 5.26 Å². The highest BCUT2D eigenvalue weighted by atomic mass is 16.6. The molecule has 142 valence electrons. The molecule has 3 aromatic heterocycles. The number of aromatic nitrogens is 3. The van der Waals surface area contributed by atoms with Gasteiger partial charge in [0.2, 0.25) is 0 Å². The number of hydrogen-bond acceptors (Lipinski definition) is 6. The number of ether oxygens (including phenoxy) is 1. The lowest BCUT2D eigenvalue weighted by Crippen LogP contribution is -2.49. The highest BCUT2D eigenvalue weighted by Gasteiger charge is 2.23. The summed E-state index contributed by atoms with van der Waals surface area (Å²) in [7, 11) is 0. The van der Waals surface area contributed by atoms with E-state index in [2.05, 4.69) is 25.9 Å². The molecule has 1 N–H and O–H groups in total. The summed E-state index contributed by atoms with van der Waals surface area (Å²) in [5, 5.41) is 9.94. The number of piperazine rings is 1. The molecular formula is C20H20N6O2. The van der Waals surface area contributed by atoms with E-state index in [1.54, 1.807) is 23.4 Å². The third-order valence-electron chi connectivity index (χ3n) is 4.82. The number of aromatic amines is 1. The molecule has 28 heavy (non-hydrogen) atoms. The van der Waals surface area contributed by atoms with E-state index in [1.165, 1.54) is 0 Å². The number of fused-ring (bicyclic) bond motifs is 1. The number of H-pyrrole nitrogens is 1. The minimum atomic E-state index is -0.252. The highest BCUT2D eigenvalue weighted by molar-refractivity contribution is 5.93. The van der Waals surface area contributed by atoms with E-state index >= 15 is 0 Å². The Balaban J connectivity index is 1.58. The quantitative estimate of drug-likeness (QED) is 0.755. The predicted molar refractivity (Wildman–Crippen MR) is 105 cm³/mol. The highest BCUT2D eigenvalue weighted by Crippen LogP contribution is 2.30. The van der Waals surface area contributed by atoms with Crippen LogP contribution in [0.3, 0.4) is 0 Å². The van der Waals surface area contributed by atoms with Crippen LogP contribution in [0, 0.1) is 11.3 Å². The van der Waals surface area contributed by atoms with Crippen LogP contribution < -0.4 is 4.90 Å². The number of amides is 1. The van der Waals surface area contributed by atoms with Crippen LogP contribution in [-0.4, -0.2) is 58.7 Å². The van der Waals surface area contributed by atoms with Crippen molar-refractivity contribution in [3.8, 4) is 17.5 Å². The van der Waals surface area contributed by atoms with Crippen molar-refractivity contribution in [3.63, 3.8) is 0 Å². The average molecular weight is 376 g/mol. The summed E-state index contributed by atoms with van der Waals surface area (Å²) in [6, 6.07) is 9.67. The molecule has 8 heteroatoms. The molecule has 1 aliphatic rings. The summed E-state index contributed by atoms with van der Waals surface area (Å²) in [6.45, 7) is 4.91. The van der Waals surface area contributed by atoms with Crippen molar-refractivity contribution in [2.45, 2.75) is 6.92 Å². The second kappa shape index (κ2) is 7.56. The topological polar surface area (TPSA) is 98.1 Å². The van der Waals surface area contributed by atoms with Gasteiger partial charge in [-0.25, -0.2) is 9.78 Å². The number of nitrogens with zero attached hydrogens (tertiary/aromatic N) is 5. The predicted octanol–water partition coefficient (Wildman–Crippen LogP) is 2.78. The van der Waals surface area contributed by atoms with Crippen LogP contribution in [0.4, 0.5) is 10.5 Å². The van der Waals surface area contributed by atoms with E-state index in [-0.39, 0.29) is 6.09 Å². The molecule has 3 aromatic rings. The summed E-state index contributed by atoms with van der Waals surface area (Å²) in [4.78, 5) is 28.0. The molecule has 1 saturated heterocycles. The van der Waals surface area contributed by atoms with Gasteiger partial charge in [0.05, 0.1) is 23.6 Å². The number of rotatable bonds is 3. The van der Waals surface area contributed by atoms with Gasteiger partial charge < -0.3 is 19.5 Å². The third-order valence-corrected chi connectivity index (χ3v) is 4.82. The van der Waals surface area contributed by atoms with Gasteiger partial charge in [-0.1, -0.05) is 0 Å². The minimum Gasteiger partial charge on any atom is -0.450 e. The maximum atomic E-state index is 11.9. The smallest absolute Gasteiger partial charge is 0.409 e. The molecule has 0 bridgehead atoms. The van der Waals surface area contributed by atoms with E-state index in [0.717, 1.165) is 41.2 Å². The van der Waals surface area contributed by atoms with Gasteiger partial charge in [-0.15, -0.1) is 0 Å². The van der Waals surface area contributed by atoms with Crippen molar-refractivity contribution >= 4 is 22.8 Å². The van der Waals surface area contributed by atoms with E-state index in [4.69, 9.17) is 10.00 Å². The van der Waals surface area contributed by atoms with Crippen molar-refractivity contribution in [1.82, 2.24) is 19.9 Å². The molecule has 1 aliphatic heterocycles. The van der Waals surface area contributed by atoms with Crippen LogP contribution in [0.1, 0.15) is 12.5 Å². The van der Waals surface area contributed by atoms with Gasteiger partial charge in [-0.2, -0.15) is 5.26 Å². The Labute approximate surface area is 162 Å². The van der Waals surface area contributed by atoms with Crippen LogP contribution >= 0.6 is 0 Å². The zero-order valence-electron chi connectivity index (χ0n) is 15.6. The number of pyridine rings is 2. The molecule has 4 heterocycles. The van der Waals surface area contributed by atoms with Gasteiger partial charge in [0.25, 0.3) is 0 Å². The second-order valence-corrected chi connectivity index (χ2v) is 6.49. The Morgan fingerprint density at radius 3 is 2.75 bits per heavy atom. The number of carbonyl (C=O) groups is 1. The largest absolute Gasteiger partial charge is 0.450 e. The molecule has 8 nitrogen and oxygen atoms in total. The monoisotopic (exact) mass is 376 g/mol. The molecule has 1 fully saturated rings.